The van der Waals surface area contributed by atoms with Crippen LogP contribution in [0, 0.1) is 11.3 Å². The van der Waals surface area contributed by atoms with Crippen molar-refractivity contribution >= 4 is 12.0 Å². The lowest BCUT2D eigenvalue weighted by molar-refractivity contribution is -0.245. The van der Waals surface area contributed by atoms with Crippen LogP contribution in [0.25, 0.3) is 0 Å². The fourth-order valence-electron chi connectivity index (χ4n) is 6.27. The number of nitrogens with one attached hydrogen (secondary N) is 1. The number of alkyl carbamates (subject to hydrolysis) is 1. The van der Waals surface area contributed by atoms with Gasteiger partial charge in [-0.05, 0) is 76.2 Å². The molecule has 2 amide bonds. The maximum atomic E-state index is 13.5. The van der Waals surface area contributed by atoms with Crippen LogP contribution in [0.1, 0.15) is 78.7 Å². The number of rotatable bonds is 7. The molecule has 1 aromatic carbocycles. The number of benzene rings is 1. The van der Waals surface area contributed by atoms with Gasteiger partial charge in [-0.1, -0.05) is 44.2 Å². The average molecular weight is 531 g/mol. The highest BCUT2D eigenvalue weighted by molar-refractivity contribution is 5.85. The van der Waals surface area contributed by atoms with Crippen molar-refractivity contribution in [1.29, 1.82) is 0 Å². The molecule has 0 saturated carbocycles. The molecular weight excluding hydrogens is 484 g/mol. The smallest absolute Gasteiger partial charge is 0.408 e. The quantitative estimate of drug-likeness (QED) is 0.541. The second-order valence-electron chi connectivity index (χ2n) is 12.8. The number of hydrogen-bond donors (Lipinski definition) is 2. The highest BCUT2D eigenvalue weighted by Crippen LogP contribution is 2.49. The number of ether oxygens (including phenoxy) is 3. The van der Waals surface area contributed by atoms with E-state index in [9.17, 15) is 14.7 Å². The maximum absolute atomic E-state index is 13.5. The Balaban J connectivity index is 1.31. The first-order chi connectivity index (χ1) is 17.9. The molecule has 0 radical (unpaired) electrons. The molecule has 0 bridgehead atoms. The molecule has 4 rings (SSSR count). The lowest BCUT2D eigenvalue weighted by Crippen LogP contribution is -2.57. The first-order valence-corrected chi connectivity index (χ1v) is 14.2. The summed E-state index contributed by atoms with van der Waals surface area (Å²) < 4.78 is 18.1. The Morgan fingerprint density at radius 1 is 1.13 bits per heavy atom. The monoisotopic (exact) mass is 530 g/mol. The molecule has 212 valence electrons. The Kier molecular flexibility index (Phi) is 8.75. The van der Waals surface area contributed by atoms with Crippen LogP contribution in [0.2, 0.25) is 0 Å². The maximum Gasteiger partial charge on any atom is 0.408 e. The number of carbonyl (C=O) groups excluding carboxylic acids is 2. The van der Waals surface area contributed by atoms with Crippen molar-refractivity contribution in [1.82, 2.24) is 10.2 Å². The third-order valence-electron chi connectivity index (χ3n) is 8.75. The van der Waals surface area contributed by atoms with Gasteiger partial charge >= 0.3 is 6.09 Å². The van der Waals surface area contributed by atoms with Gasteiger partial charge in [-0.15, -0.1) is 0 Å². The molecule has 1 aromatic rings. The molecule has 3 fully saturated rings. The summed E-state index contributed by atoms with van der Waals surface area (Å²) in [5, 5.41) is 13.2. The number of likely N-dealkylation sites (tertiary alicyclic amines) is 1. The number of aliphatic hydroxyl groups is 1. The average Bonchev–Trinajstić information content (AvgIpc) is 3.29. The van der Waals surface area contributed by atoms with E-state index in [1.165, 1.54) is 0 Å². The Morgan fingerprint density at radius 2 is 1.82 bits per heavy atom. The molecule has 0 aromatic heterocycles. The van der Waals surface area contributed by atoms with Crippen LogP contribution in [0.15, 0.2) is 30.3 Å². The summed E-state index contributed by atoms with van der Waals surface area (Å²) in [5.74, 6) is 0.205. The van der Waals surface area contributed by atoms with Crippen LogP contribution in [-0.4, -0.2) is 71.2 Å². The second kappa shape index (κ2) is 11.5. The van der Waals surface area contributed by atoms with E-state index in [4.69, 9.17) is 14.2 Å². The topological polar surface area (TPSA) is 97.3 Å². The summed E-state index contributed by atoms with van der Waals surface area (Å²) >= 11 is 0. The molecule has 3 aliphatic heterocycles. The van der Waals surface area contributed by atoms with Gasteiger partial charge in [-0.2, -0.15) is 0 Å². The minimum Gasteiger partial charge on any atom is -0.445 e. The molecule has 8 nitrogen and oxygen atoms in total. The SMILES string of the molecule is CC(C)C[C@H](NC(=O)OCc1ccccc1)C(=O)N1CCC2(CC1)CO[C@@H]([C@@]1(C)CC[C@H](O)C(C)(C)O1)C2. The zero-order chi connectivity index (χ0) is 27.6. The minimum atomic E-state index is -0.608. The number of hydrogen-bond acceptors (Lipinski definition) is 6. The Morgan fingerprint density at radius 3 is 2.45 bits per heavy atom. The largest absolute Gasteiger partial charge is 0.445 e. The summed E-state index contributed by atoms with van der Waals surface area (Å²) in [5.41, 5.74) is -0.0855. The summed E-state index contributed by atoms with van der Waals surface area (Å²) in [6, 6.07) is 8.90. The molecule has 0 unspecified atom stereocenters. The van der Waals surface area contributed by atoms with Crippen molar-refractivity contribution in [3.05, 3.63) is 35.9 Å². The number of nitrogens with zero attached hydrogens (tertiary/aromatic N) is 1. The van der Waals surface area contributed by atoms with E-state index in [-0.39, 0.29) is 30.0 Å². The fourth-order valence-corrected chi connectivity index (χ4v) is 6.27. The molecule has 3 heterocycles. The fraction of sp³-hybridized carbons (Fsp3) is 0.733. The van der Waals surface area contributed by atoms with Crippen LogP contribution in [0.4, 0.5) is 4.79 Å². The highest BCUT2D eigenvalue weighted by Gasteiger charge is 2.53. The van der Waals surface area contributed by atoms with E-state index >= 15 is 0 Å². The Hall–Kier alpha value is -2.16. The Labute approximate surface area is 227 Å². The zero-order valence-corrected chi connectivity index (χ0v) is 23.7. The van der Waals surface area contributed by atoms with Crippen molar-refractivity contribution in [2.45, 2.75) is 109 Å². The van der Waals surface area contributed by atoms with Crippen molar-refractivity contribution < 1.29 is 28.9 Å². The van der Waals surface area contributed by atoms with E-state index in [0.29, 0.717) is 32.5 Å². The summed E-state index contributed by atoms with van der Waals surface area (Å²) in [6.07, 6.45) is 3.61. The molecule has 4 atom stereocenters. The van der Waals surface area contributed by atoms with Gasteiger partial charge in [-0.3, -0.25) is 4.79 Å². The molecule has 2 N–H and O–H groups in total. The summed E-state index contributed by atoms with van der Waals surface area (Å²) in [6.45, 7) is 12.2. The molecule has 38 heavy (non-hydrogen) atoms. The number of aliphatic hydroxyl groups excluding tert-OH is 1. The van der Waals surface area contributed by atoms with E-state index in [0.717, 1.165) is 31.2 Å². The van der Waals surface area contributed by atoms with E-state index < -0.39 is 29.4 Å². The molecule has 3 aliphatic rings. The third-order valence-corrected chi connectivity index (χ3v) is 8.75. The highest BCUT2D eigenvalue weighted by atomic mass is 16.6. The summed E-state index contributed by atoms with van der Waals surface area (Å²) in [7, 11) is 0. The van der Waals surface area contributed by atoms with Crippen LogP contribution in [-0.2, 0) is 25.6 Å². The van der Waals surface area contributed by atoms with Gasteiger partial charge in [0.2, 0.25) is 5.91 Å². The second-order valence-corrected chi connectivity index (χ2v) is 12.8. The summed E-state index contributed by atoms with van der Waals surface area (Å²) in [4.78, 5) is 27.9. The lowest BCUT2D eigenvalue weighted by Gasteiger charge is -2.49. The van der Waals surface area contributed by atoms with Gasteiger partial charge in [0.25, 0.3) is 0 Å². The normalized spacial score (nSPS) is 29.3. The van der Waals surface area contributed by atoms with Gasteiger partial charge in [0, 0.05) is 13.1 Å². The number of carbonyl (C=O) groups is 2. The van der Waals surface area contributed by atoms with Gasteiger partial charge < -0.3 is 29.5 Å². The predicted molar refractivity (Wildman–Crippen MR) is 144 cm³/mol. The van der Waals surface area contributed by atoms with Crippen LogP contribution >= 0.6 is 0 Å². The lowest BCUT2D eigenvalue weighted by atomic mass is 9.73. The molecule has 0 aliphatic carbocycles. The van der Waals surface area contributed by atoms with Crippen molar-refractivity contribution in [2.24, 2.45) is 11.3 Å². The molecule has 1 spiro atoms. The van der Waals surface area contributed by atoms with Gasteiger partial charge in [0.1, 0.15) is 12.6 Å². The molecule has 3 saturated heterocycles. The van der Waals surface area contributed by atoms with E-state index in [1.807, 2.05) is 62.9 Å². The predicted octanol–water partition coefficient (Wildman–Crippen LogP) is 4.43. The first kappa shape index (κ1) is 28.8. The standard InChI is InChI=1S/C30H46N2O6/c1-21(2)17-23(31-27(35)36-19-22-9-7-6-8-10-22)26(34)32-15-13-30(14-16-32)18-25(37-20-30)29(5)12-11-24(33)28(3,4)38-29/h6-10,21,23-25,33H,11-20H2,1-5H3,(H,31,35)/t23-,24-,25+,29+/m0/s1. The van der Waals surface area contributed by atoms with E-state index in [2.05, 4.69) is 12.2 Å². The first-order valence-electron chi connectivity index (χ1n) is 14.2. The van der Waals surface area contributed by atoms with Gasteiger partial charge in [-0.25, -0.2) is 4.79 Å². The molecule has 8 heteroatoms. The van der Waals surface area contributed by atoms with Crippen molar-refractivity contribution in [3.63, 3.8) is 0 Å². The van der Waals surface area contributed by atoms with Crippen molar-refractivity contribution in [3.8, 4) is 0 Å². The van der Waals surface area contributed by atoms with Crippen LogP contribution in [0.3, 0.4) is 0 Å². The minimum absolute atomic E-state index is 0.0220. The number of piperidine rings is 1. The molecular formula is C30H46N2O6. The third kappa shape index (κ3) is 6.69. The zero-order valence-electron chi connectivity index (χ0n) is 23.7. The van der Waals surface area contributed by atoms with Gasteiger partial charge in [0.05, 0.1) is 30.0 Å². The Bertz CT molecular complexity index is 959. The number of amides is 2. The van der Waals surface area contributed by atoms with E-state index in [1.54, 1.807) is 0 Å². The van der Waals surface area contributed by atoms with Gasteiger partial charge in [0.15, 0.2) is 0 Å². The van der Waals surface area contributed by atoms with Crippen molar-refractivity contribution in [2.75, 3.05) is 19.7 Å². The van der Waals surface area contributed by atoms with Crippen LogP contribution in [0.5, 0.6) is 0 Å². The van der Waals surface area contributed by atoms with Crippen LogP contribution < -0.4 is 5.32 Å².